The molecule has 106 valence electrons. The van der Waals surface area contributed by atoms with Crippen LogP contribution in [0.15, 0.2) is 24.3 Å². The minimum Gasteiger partial charge on any atom is -0.343 e. The zero-order valence-corrected chi connectivity index (χ0v) is 12.6. The van der Waals surface area contributed by atoms with Gasteiger partial charge in [-0.1, -0.05) is 43.2 Å². The molecule has 0 atom stereocenters. The summed E-state index contributed by atoms with van der Waals surface area (Å²) in [6.07, 6.45) is 4.87. The predicted molar refractivity (Wildman–Crippen MR) is 81.3 cm³/mol. The summed E-state index contributed by atoms with van der Waals surface area (Å²) in [5, 5.41) is 0. The van der Waals surface area contributed by atoms with Crippen LogP contribution >= 0.6 is 0 Å². The zero-order valence-electron chi connectivity index (χ0n) is 12.6. The van der Waals surface area contributed by atoms with E-state index in [-0.39, 0.29) is 0 Å². The number of amides is 1. The Labute approximate surface area is 117 Å². The largest absolute Gasteiger partial charge is 0.343 e. The fraction of sp³-hybridized carbons (Fsp3) is 0.588. The van der Waals surface area contributed by atoms with Gasteiger partial charge in [0.05, 0.1) is 0 Å². The summed E-state index contributed by atoms with van der Waals surface area (Å²) < 4.78 is 0. The van der Waals surface area contributed by atoms with E-state index in [1.54, 1.807) is 0 Å². The Kier molecular flexibility index (Phi) is 7.24. The van der Waals surface area contributed by atoms with Crippen molar-refractivity contribution in [1.82, 2.24) is 4.90 Å². The molecule has 1 aromatic carbocycles. The third kappa shape index (κ3) is 5.91. The van der Waals surface area contributed by atoms with Crippen molar-refractivity contribution >= 4 is 5.91 Å². The molecular weight excluding hydrogens is 234 g/mol. The smallest absolute Gasteiger partial charge is 0.222 e. The second-order valence-electron chi connectivity index (χ2n) is 5.17. The molecule has 0 heterocycles. The second kappa shape index (κ2) is 8.73. The molecule has 0 aliphatic heterocycles. The number of carbonyl (C=O) groups excluding carboxylic acids is 1. The minimum absolute atomic E-state index is 0.308. The molecule has 0 aromatic heterocycles. The summed E-state index contributed by atoms with van der Waals surface area (Å²) in [4.78, 5) is 14.0. The van der Waals surface area contributed by atoms with Crippen LogP contribution in [0.3, 0.4) is 0 Å². The average Bonchev–Trinajstić information content (AvgIpc) is 2.42. The van der Waals surface area contributed by atoms with Gasteiger partial charge in [-0.15, -0.1) is 0 Å². The highest BCUT2D eigenvalue weighted by Crippen LogP contribution is 2.08. The number of carbonyl (C=O) groups is 1. The van der Waals surface area contributed by atoms with Gasteiger partial charge >= 0.3 is 0 Å². The van der Waals surface area contributed by atoms with Crippen LogP contribution in [-0.4, -0.2) is 23.9 Å². The highest BCUT2D eigenvalue weighted by Gasteiger charge is 2.10. The summed E-state index contributed by atoms with van der Waals surface area (Å²) in [5.74, 6) is 0.308. The number of unbranched alkanes of at least 4 members (excludes halogenated alkanes) is 1. The number of hydrogen-bond acceptors (Lipinski definition) is 1. The maximum absolute atomic E-state index is 12.1. The van der Waals surface area contributed by atoms with Crippen molar-refractivity contribution in [3.63, 3.8) is 0 Å². The van der Waals surface area contributed by atoms with E-state index >= 15 is 0 Å². The minimum atomic E-state index is 0.308. The Morgan fingerprint density at radius 3 is 2.37 bits per heavy atom. The second-order valence-corrected chi connectivity index (χ2v) is 5.17. The Hall–Kier alpha value is -1.31. The van der Waals surface area contributed by atoms with Crippen molar-refractivity contribution in [2.24, 2.45) is 0 Å². The van der Waals surface area contributed by atoms with Crippen molar-refractivity contribution in [2.45, 2.75) is 52.9 Å². The summed E-state index contributed by atoms with van der Waals surface area (Å²) in [6, 6.07) is 8.59. The first kappa shape index (κ1) is 15.7. The fourth-order valence-electron chi connectivity index (χ4n) is 2.16. The topological polar surface area (TPSA) is 20.3 Å². The van der Waals surface area contributed by atoms with Crippen LogP contribution in [0.2, 0.25) is 0 Å². The Balaban J connectivity index is 2.31. The average molecular weight is 261 g/mol. The van der Waals surface area contributed by atoms with Crippen LogP contribution in [-0.2, 0) is 11.2 Å². The summed E-state index contributed by atoms with van der Waals surface area (Å²) in [5.41, 5.74) is 2.62. The van der Waals surface area contributed by atoms with Gasteiger partial charge in [0.15, 0.2) is 0 Å². The Morgan fingerprint density at radius 2 is 1.79 bits per heavy atom. The van der Waals surface area contributed by atoms with Gasteiger partial charge in [0.2, 0.25) is 5.91 Å². The monoisotopic (exact) mass is 261 g/mol. The van der Waals surface area contributed by atoms with Crippen LogP contribution in [0.4, 0.5) is 0 Å². The zero-order chi connectivity index (χ0) is 14.1. The lowest BCUT2D eigenvalue weighted by atomic mass is 10.1. The number of nitrogens with zero attached hydrogens (tertiary/aromatic N) is 1. The molecule has 2 heteroatoms. The van der Waals surface area contributed by atoms with Gasteiger partial charge < -0.3 is 4.90 Å². The van der Waals surface area contributed by atoms with Crippen molar-refractivity contribution < 1.29 is 4.79 Å². The molecule has 0 unspecified atom stereocenters. The molecule has 2 nitrogen and oxygen atoms in total. The van der Waals surface area contributed by atoms with Crippen molar-refractivity contribution in [3.8, 4) is 0 Å². The molecule has 0 spiro atoms. The van der Waals surface area contributed by atoms with E-state index in [9.17, 15) is 4.79 Å². The summed E-state index contributed by atoms with van der Waals surface area (Å²) in [6.45, 7) is 8.07. The molecule has 1 rings (SSSR count). The standard InChI is InChI=1S/C17H27NO/c1-4-6-14-18(5-2)17(19)9-7-8-16-12-10-15(3)11-13-16/h10-13H,4-9,14H2,1-3H3. The SMILES string of the molecule is CCCCN(CC)C(=O)CCCc1ccc(C)cc1. The molecule has 0 aliphatic carbocycles. The van der Waals surface area contributed by atoms with Gasteiger partial charge in [0, 0.05) is 19.5 Å². The lowest BCUT2D eigenvalue weighted by molar-refractivity contribution is -0.131. The van der Waals surface area contributed by atoms with E-state index < -0.39 is 0 Å². The van der Waals surface area contributed by atoms with Gasteiger partial charge in [-0.3, -0.25) is 4.79 Å². The maximum Gasteiger partial charge on any atom is 0.222 e. The highest BCUT2D eigenvalue weighted by atomic mass is 16.2. The van der Waals surface area contributed by atoms with Crippen molar-refractivity contribution in [3.05, 3.63) is 35.4 Å². The van der Waals surface area contributed by atoms with Gasteiger partial charge in [-0.05, 0) is 38.7 Å². The molecule has 1 aromatic rings. The Morgan fingerprint density at radius 1 is 1.11 bits per heavy atom. The van der Waals surface area contributed by atoms with Crippen molar-refractivity contribution in [1.29, 1.82) is 0 Å². The molecule has 0 fully saturated rings. The first-order valence-corrected chi connectivity index (χ1v) is 7.50. The lowest BCUT2D eigenvalue weighted by Gasteiger charge is -2.20. The molecule has 1 amide bonds. The Bertz CT molecular complexity index is 369. The first-order chi connectivity index (χ1) is 9.17. The molecular formula is C17H27NO. The van der Waals surface area contributed by atoms with Gasteiger partial charge in [0.1, 0.15) is 0 Å². The van der Waals surface area contributed by atoms with Crippen LogP contribution in [0.25, 0.3) is 0 Å². The molecule has 0 saturated carbocycles. The maximum atomic E-state index is 12.1. The quantitative estimate of drug-likeness (QED) is 0.693. The highest BCUT2D eigenvalue weighted by molar-refractivity contribution is 5.76. The normalized spacial score (nSPS) is 10.5. The molecule has 0 radical (unpaired) electrons. The molecule has 19 heavy (non-hydrogen) atoms. The number of rotatable bonds is 8. The third-order valence-corrected chi connectivity index (χ3v) is 3.49. The molecule has 0 aliphatic rings. The first-order valence-electron chi connectivity index (χ1n) is 7.50. The van der Waals surface area contributed by atoms with Crippen LogP contribution in [0.1, 0.15) is 50.7 Å². The van der Waals surface area contributed by atoms with Gasteiger partial charge in [0.25, 0.3) is 0 Å². The number of benzene rings is 1. The lowest BCUT2D eigenvalue weighted by Crippen LogP contribution is -2.31. The number of aryl methyl sites for hydroxylation is 2. The van der Waals surface area contributed by atoms with Gasteiger partial charge in [-0.25, -0.2) is 0 Å². The molecule has 0 bridgehead atoms. The van der Waals surface area contributed by atoms with Gasteiger partial charge in [-0.2, -0.15) is 0 Å². The van der Waals surface area contributed by atoms with Crippen molar-refractivity contribution in [2.75, 3.05) is 13.1 Å². The predicted octanol–water partition coefficient (Wildman–Crippen LogP) is 3.97. The van der Waals surface area contributed by atoms with E-state index in [4.69, 9.17) is 0 Å². The van der Waals surface area contributed by atoms with Crippen LogP contribution in [0.5, 0.6) is 0 Å². The summed E-state index contributed by atoms with van der Waals surface area (Å²) in [7, 11) is 0. The van der Waals surface area contributed by atoms with E-state index in [0.717, 1.165) is 38.8 Å². The number of hydrogen-bond donors (Lipinski definition) is 0. The van der Waals surface area contributed by atoms with E-state index in [1.807, 2.05) is 4.90 Å². The van der Waals surface area contributed by atoms with Crippen LogP contribution in [0, 0.1) is 6.92 Å². The van der Waals surface area contributed by atoms with Crippen LogP contribution < -0.4 is 0 Å². The molecule has 0 saturated heterocycles. The van der Waals surface area contributed by atoms with E-state index in [1.165, 1.54) is 11.1 Å². The summed E-state index contributed by atoms with van der Waals surface area (Å²) >= 11 is 0. The molecule has 0 N–H and O–H groups in total. The van der Waals surface area contributed by atoms with E-state index in [0.29, 0.717) is 12.3 Å². The third-order valence-electron chi connectivity index (χ3n) is 3.49. The fourth-order valence-corrected chi connectivity index (χ4v) is 2.16. The van der Waals surface area contributed by atoms with E-state index in [2.05, 4.69) is 45.0 Å².